The molecule has 2 aromatic carbocycles. The lowest BCUT2D eigenvalue weighted by atomic mass is 10.0. The molecule has 1 aliphatic heterocycles. The molecule has 29 heavy (non-hydrogen) atoms. The number of aliphatic carboxylic acids is 2. The van der Waals surface area contributed by atoms with Crippen molar-refractivity contribution < 1.29 is 34.4 Å². The minimum Gasteiger partial charge on any atom is -0.475 e. The van der Waals surface area contributed by atoms with Crippen LogP contribution in [0, 0.1) is 0 Å². The van der Waals surface area contributed by atoms with Gasteiger partial charge < -0.3 is 30.1 Å². The molecular formula is C20H20ClNO7. The molecule has 154 valence electrons. The van der Waals surface area contributed by atoms with E-state index in [0.717, 1.165) is 0 Å². The zero-order valence-corrected chi connectivity index (χ0v) is 16.3. The molecule has 0 bridgehead atoms. The number of carboxylic acids is 2. The van der Waals surface area contributed by atoms with Crippen LogP contribution >= 0.6 is 11.6 Å². The molecule has 0 radical (unpaired) electrons. The Hall–Kier alpha value is -2.97. The molecule has 1 aliphatic rings. The Balaban J connectivity index is 1.87. The third-order valence-corrected chi connectivity index (χ3v) is 4.74. The Morgan fingerprint density at radius 1 is 1.17 bits per heavy atom. The van der Waals surface area contributed by atoms with E-state index in [1.165, 1.54) is 6.07 Å². The number of benzene rings is 2. The number of hydrogen-bond acceptors (Lipinski definition) is 6. The molecule has 0 fully saturated rings. The second-order valence-corrected chi connectivity index (χ2v) is 6.99. The fourth-order valence-electron chi connectivity index (χ4n) is 3.09. The van der Waals surface area contributed by atoms with Crippen LogP contribution in [-0.2, 0) is 16.0 Å². The molecule has 0 saturated carbocycles. The van der Waals surface area contributed by atoms with Gasteiger partial charge in [-0.15, -0.1) is 0 Å². The van der Waals surface area contributed by atoms with Crippen LogP contribution in [-0.4, -0.2) is 39.6 Å². The highest BCUT2D eigenvalue weighted by Crippen LogP contribution is 2.45. The highest BCUT2D eigenvalue weighted by atomic mass is 35.5. The second-order valence-electron chi connectivity index (χ2n) is 6.55. The third-order valence-electron chi connectivity index (χ3n) is 4.51. The third kappa shape index (κ3) is 3.94. The Labute approximate surface area is 171 Å². The molecule has 0 saturated heterocycles. The van der Waals surface area contributed by atoms with E-state index >= 15 is 0 Å². The number of anilines is 1. The van der Waals surface area contributed by atoms with Crippen LogP contribution in [0.25, 0.3) is 0 Å². The average molecular weight is 422 g/mol. The van der Waals surface area contributed by atoms with E-state index in [1.54, 1.807) is 30.3 Å². The van der Waals surface area contributed by atoms with Gasteiger partial charge >= 0.3 is 17.7 Å². The van der Waals surface area contributed by atoms with Crippen molar-refractivity contribution in [1.29, 1.82) is 0 Å². The molecule has 0 aliphatic carbocycles. The summed E-state index contributed by atoms with van der Waals surface area (Å²) in [6.45, 7) is 2.07. The lowest BCUT2D eigenvalue weighted by molar-refractivity contribution is -0.194. The van der Waals surface area contributed by atoms with E-state index < -0.39 is 23.8 Å². The fraction of sp³-hybridized carbons (Fsp3) is 0.300. The zero-order valence-electron chi connectivity index (χ0n) is 15.5. The number of fused-ring (bicyclic) bond motifs is 1. The van der Waals surface area contributed by atoms with Crippen LogP contribution < -0.4 is 14.8 Å². The van der Waals surface area contributed by atoms with Crippen molar-refractivity contribution in [3.8, 4) is 11.5 Å². The summed E-state index contributed by atoms with van der Waals surface area (Å²) in [6.07, 6.45) is 0.335. The highest BCUT2D eigenvalue weighted by molar-refractivity contribution is 6.30. The molecule has 1 atom stereocenters. The molecule has 1 heterocycles. The summed E-state index contributed by atoms with van der Waals surface area (Å²) >= 11 is 5.96. The van der Waals surface area contributed by atoms with Gasteiger partial charge in [-0.1, -0.05) is 37.1 Å². The molecule has 2 aromatic rings. The number of rotatable bonds is 8. The van der Waals surface area contributed by atoms with Crippen molar-refractivity contribution in [3.05, 3.63) is 52.5 Å². The van der Waals surface area contributed by atoms with Crippen LogP contribution in [0.3, 0.4) is 0 Å². The Bertz CT molecular complexity index is 932. The van der Waals surface area contributed by atoms with Gasteiger partial charge in [-0.2, -0.15) is 0 Å². The first kappa shape index (κ1) is 20.8. The maximum Gasteiger partial charge on any atom is 0.453 e. The van der Waals surface area contributed by atoms with Gasteiger partial charge in [0.25, 0.3) is 0 Å². The molecule has 0 spiro atoms. The minimum atomic E-state index is -2.82. The topological polar surface area (TPSA) is 125 Å². The summed E-state index contributed by atoms with van der Waals surface area (Å²) in [4.78, 5) is 23.0. The van der Waals surface area contributed by atoms with Crippen LogP contribution in [0.4, 0.5) is 5.69 Å². The highest BCUT2D eigenvalue weighted by Gasteiger charge is 2.58. The first-order chi connectivity index (χ1) is 13.8. The lowest BCUT2D eigenvalue weighted by Gasteiger charge is -2.18. The number of ether oxygens (including phenoxy) is 2. The van der Waals surface area contributed by atoms with Gasteiger partial charge in [0.05, 0.1) is 6.10 Å². The Morgan fingerprint density at radius 2 is 1.90 bits per heavy atom. The standard InChI is InChI=1S/C20H20ClNO7/c1-2-4-13-14(22-10-15(23)11-5-3-6-12(21)9-11)7-8-16-17(13)29-20(28-16,18(24)25)19(26)27/h3,5-9,15,22-23H,2,4,10H2,1H3,(H,24,25)(H,26,27). The van der Waals surface area contributed by atoms with E-state index in [0.29, 0.717) is 34.7 Å². The maximum atomic E-state index is 11.5. The van der Waals surface area contributed by atoms with Crippen molar-refractivity contribution in [2.45, 2.75) is 31.7 Å². The quantitative estimate of drug-likeness (QED) is 0.479. The molecule has 8 nitrogen and oxygen atoms in total. The molecule has 0 aromatic heterocycles. The number of nitrogens with one attached hydrogen (secondary N) is 1. The largest absolute Gasteiger partial charge is 0.475 e. The fourth-order valence-corrected chi connectivity index (χ4v) is 3.28. The summed E-state index contributed by atoms with van der Waals surface area (Å²) < 4.78 is 10.5. The van der Waals surface area contributed by atoms with E-state index in [9.17, 15) is 24.9 Å². The number of aliphatic hydroxyl groups is 1. The van der Waals surface area contributed by atoms with Gasteiger partial charge in [0, 0.05) is 22.8 Å². The zero-order chi connectivity index (χ0) is 21.2. The predicted molar refractivity (Wildman–Crippen MR) is 105 cm³/mol. The molecule has 9 heteroatoms. The molecule has 0 amide bonds. The van der Waals surface area contributed by atoms with Gasteiger partial charge in [0.2, 0.25) is 0 Å². The number of aliphatic hydroxyl groups excluding tert-OH is 1. The summed E-state index contributed by atoms with van der Waals surface area (Å²) in [5, 5.41) is 32.7. The predicted octanol–water partition coefficient (Wildman–Crippen LogP) is 3.07. The first-order valence-corrected chi connectivity index (χ1v) is 9.34. The van der Waals surface area contributed by atoms with E-state index in [-0.39, 0.29) is 18.0 Å². The second kappa shape index (κ2) is 8.18. The summed E-state index contributed by atoms with van der Waals surface area (Å²) in [5.41, 5.74) is 1.80. The molecule has 3 rings (SSSR count). The van der Waals surface area contributed by atoms with E-state index in [4.69, 9.17) is 21.1 Å². The van der Waals surface area contributed by atoms with Crippen LogP contribution in [0.2, 0.25) is 5.02 Å². The van der Waals surface area contributed by atoms with Gasteiger partial charge in [-0.05, 0) is 36.2 Å². The molecular weight excluding hydrogens is 402 g/mol. The monoisotopic (exact) mass is 421 g/mol. The van der Waals surface area contributed by atoms with Crippen LogP contribution in [0.15, 0.2) is 36.4 Å². The van der Waals surface area contributed by atoms with E-state index in [2.05, 4.69) is 5.32 Å². The Kier molecular flexibility index (Phi) is 5.86. The Morgan fingerprint density at radius 3 is 2.52 bits per heavy atom. The van der Waals surface area contributed by atoms with Crippen molar-refractivity contribution in [2.24, 2.45) is 0 Å². The first-order valence-electron chi connectivity index (χ1n) is 8.96. The van der Waals surface area contributed by atoms with Gasteiger partial charge in [0.15, 0.2) is 11.5 Å². The van der Waals surface area contributed by atoms with Crippen molar-refractivity contribution in [1.82, 2.24) is 0 Å². The molecule has 1 unspecified atom stereocenters. The van der Waals surface area contributed by atoms with Crippen LogP contribution in [0.5, 0.6) is 11.5 Å². The SMILES string of the molecule is CCCc1c(NCC(O)c2cccc(Cl)c2)ccc2c1OC(C(=O)O)(C(=O)O)O2. The lowest BCUT2D eigenvalue weighted by Crippen LogP contribution is -2.54. The van der Waals surface area contributed by atoms with Crippen molar-refractivity contribution in [2.75, 3.05) is 11.9 Å². The molecule has 4 N–H and O–H groups in total. The number of carbonyl (C=O) groups is 2. The number of halogens is 1. The van der Waals surface area contributed by atoms with Gasteiger partial charge in [-0.25, -0.2) is 9.59 Å². The maximum absolute atomic E-state index is 11.5. The van der Waals surface area contributed by atoms with Crippen molar-refractivity contribution >= 4 is 29.2 Å². The number of hydrogen-bond donors (Lipinski definition) is 4. The van der Waals surface area contributed by atoms with Gasteiger partial charge in [0.1, 0.15) is 0 Å². The van der Waals surface area contributed by atoms with E-state index in [1.807, 2.05) is 6.92 Å². The normalized spacial score (nSPS) is 15.0. The average Bonchev–Trinajstić information content (AvgIpc) is 3.09. The smallest absolute Gasteiger partial charge is 0.453 e. The summed E-state index contributed by atoms with van der Waals surface area (Å²) in [5.74, 6) is -6.22. The van der Waals surface area contributed by atoms with Crippen molar-refractivity contribution in [3.63, 3.8) is 0 Å². The van der Waals surface area contributed by atoms with Crippen LogP contribution in [0.1, 0.15) is 30.6 Å². The summed E-state index contributed by atoms with van der Waals surface area (Å²) in [7, 11) is 0. The minimum absolute atomic E-state index is 0.0409. The van der Waals surface area contributed by atoms with Gasteiger partial charge in [-0.3, -0.25) is 0 Å². The number of carboxylic acid groups (broad SMARTS) is 2. The summed E-state index contributed by atoms with van der Waals surface area (Å²) in [6, 6.07) is 9.93.